The van der Waals surface area contributed by atoms with Gasteiger partial charge in [-0.05, 0) is 41.3 Å². The first-order valence-electron chi connectivity index (χ1n) is 7.19. The number of carbonyl (C=O) groups is 1. The minimum Gasteiger partial charge on any atom is -0.507 e. The standard InChI is InChI=1S/C19H16O4/c1-22-19(21)15-9-14-10-16(7-8-17(14)18(20)11-15)23-12-13-5-3-2-4-6-13/h2-11,20H,12H2,1H3. The fraction of sp³-hybridized carbons (Fsp3) is 0.105. The first-order chi connectivity index (χ1) is 11.2. The number of aromatic hydroxyl groups is 1. The average Bonchev–Trinajstić information content (AvgIpc) is 2.59. The zero-order valence-electron chi connectivity index (χ0n) is 12.7. The summed E-state index contributed by atoms with van der Waals surface area (Å²) in [5.41, 5.74) is 1.37. The van der Waals surface area contributed by atoms with Gasteiger partial charge in [0.05, 0.1) is 12.7 Å². The van der Waals surface area contributed by atoms with Crippen molar-refractivity contribution in [1.82, 2.24) is 0 Å². The predicted molar refractivity (Wildman–Crippen MR) is 87.7 cm³/mol. The summed E-state index contributed by atoms with van der Waals surface area (Å²) in [6, 6.07) is 18.3. The number of ether oxygens (including phenoxy) is 2. The molecule has 3 aromatic rings. The maximum Gasteiger partial charge on any atom is 0.338 e. The highest BCUT2D eigenvalue weighted by atomic mass is 16.5. The van der Waals surface area contributed by atoms with Crippen LogP contribution in [0.4, 0.5) is 0 Å². The van der Waals surface area contributed by atoms with Crippen molar-refractivity contribution < 1.29 is 19.4 Å². The van der Waals surface area contributed by atoms with Crippen molar-refractivity contribution in [2.24, 2.45) is 0 Å². The van der Waals surface area contributed by atoms with Gasteiger partial charge in [0.15, 0.2) is 0 Å². The molecule has 0 atom stereocenters. The van der Waals surface area contributed by atoms with Crippen LogP contribution in [0.2, 0.25) is 0 Å². The fourth-order valence-electron chi connectivity index (χ4n) is 2.39. The molecule has 0 aliphatic rings. The number of methoxy groups -OCH3 is 1. The molecule has 1 N–H and O–H groups in total. The molecular weight excluding hydrogens is 292 g/mol. The van der Waals surface area contributed by atoms with E-state index < -0.39 is 5.97 Å². The Balaban J connectivity index is 1.89. The quantitative estimate of drug-likeness (QED) is 0.742. The van der Waals surface area contributed by atoms with E-state index in [1.54, 1.807) is 24.3 Å². The lowest BCUT2D eigenvalue weighted by Crippen LogP contribution is -2.01. The molecule has 0 bridgehead atoms. The first kappa shape index (κ1) is 14.9. The van der Waals surface area contributed by atoms with Crippen LogP contribution in [0, 0.1) is 0 Å². The molecule has 0 fully saturated rings. The van der Waals surface area contributed by atoms with Crippen molar-refractivity contribution in [3.05, 3.63) is 71.8 Å². The largest absolute Gasteiger partial charge is 0.507 e. The number of fused-ring (bicyclic) bond motifs is 1. The molecule has 0 aliphatic heterocycles. The maximum atomic E-state index is 11.6. The van der Waals surface area contributed by atoms with Crippen molar-refractivity contribution in [1.29, 1.82) is 0 Å². The van der Waals surface area contributed by atoms with Crippen molar-refractivity contribution in [3.63, 3.8) is 0 Å². The predicted octanol–water partition coefficient (Wildman–Crippen LogP) is 3.91. The van der Waals surface area contributed by atoms with Crippen LogP contribution in [0.5, 0.6) is 11.5 Å². The Morgan fingerprint density at radius 2 is 1.83 bits per heavy atom. The third kappa shape index (κ3) is 3.26. The number of hydrogen-bond acceptors (Lipinski definition) is 4. The Morgan fingerprint density at radius 3 is 2.57 bits per heavy atom. The molecule has 0 radical (unpaired) electrons. The molecule has 0 aliphatic carbocycles. The SMILES string of the molecule is COC(=O)c1cc(O)c2ccc(OCc3ccccc3)cc2c1. The van der Waals surface area contributed by atoms with Crippen LogP contribution in [0.1, 0.15) is 15.9 Å². The highest BCUT2D eigenvalue weighted by molar-refractivity contribution is 5.98. The van der Waals surface area contributed by atoms with E-state index in [-0.39, 0.29) is 5.75 Å². The van der Waals surface area contributed by atoms with Crippen LogP contribution >= 0.6 is 0 Å². The van der Waals surface area contributed by atoms with Crippen molar-refractivity contribution in [3.8, 4) is 11.5 Å². The van der Waals surface area contributed by atoms with E-state index in [4.69, 9.17) is 9.47 Å². The van der Waals surface area contributed by atoms with Crippen LogP contribution in [0.3, 0.4) is 0 Å². The number of carbonyl (C=O) groups excluding carboxylic acids is 1. The number of phenols is 1. The Kier molecular flexibility index (Phi) is 4.15. The fourth-order valence-corrected chi connectivity index (χ4v) is 2.39. The van der Waals surface area contributed by atoms with Gasteiger partial charge in [0.1, 0.15) is 18.1 Å². The van der Waals surface area contributed by atoms with Gasteiger partial charge in [-0.2, -0.15) is 0 Å². The van der Waals surface area contributed by atoms with Crippen LogP contribution in [0.15, 0.2) is 60.7 Å². The number of phenolic OH excluding ortho intramolecular Hbond substituents is 1. The van der Waals surface area contributed by atoms with Gasteiger partial charge >= 0.3 is 5.97 Å². The van der Waals surface area contributed by atoms with Crippen molar-refractivity contribution in [2.45, 2.75) is 6.61 Å². The number of hydrogen-bond donors (Lipinski definition) is 1. The Morgan fingerprint density at radius 1 is 1.04 bits per heavy atom. The van der Waals surface area contributed by atoms with Gasteiger partial charge in [0.25, 0.3) is 0 Å². The van der Waals surface area contributed by atoms with Gasteiger partial charge in [-0.15, -0.1) is 0 Å². The molecule has 0 unspecified atom stereocenters. The van der Waals surface area contributed by atoms with Gasteiger partial charge in [-0.3, -0.25) is 0 Å². The molecular formula is C19H16O4. The summed E-state index contributed by atoms with van der Waals surface area (Å²) in [5.74, 6) is 0.220. The van der Waals surface area contributed by atoms with Gasteiger partial charge in [0, 0.05) is 5.39 Å². The molecule has 3 rings (SSSR count). The smallest absolute Gasteiger partial charge is 0.338 e. The van der Waals surface area contributed by atoms with Gasteiger partial charge < -0.3 is 14.6 Å². The Bertz CT molecular complexity index is 841. The Hall–Kier alpha value is -3.01. The van der Waals surface area contributed by atoms with E-state index in [0.717, 1.165) is 10.9 Å². The van der Waals surface area contributed by atoms with E-state index in [1.165, 1.54) is 13.2 Å². The van der Waals surface area contributed by atoms with E-state index in [1.807, 2.05) is 30.3 Å². The molecule has 0 heterocycles. The second kappa shape index (κ2) is 6.40. The average molecular weight is 308 g/mol. The molecule has 4 heteroatoms. The van der Waals surface area contributed by atoms with Crippen LogP contribution in [0.25, 0.3) is 10.8 Å². The summed E-state index contributed by atoms with van der Waals surface area (Å²) >= 11 is 0. The first-order valence-corrected chi connectivity index (χ1v) is 7.19. The third-order valence-electron chi connectivity index (χ3n) is 3.57. The summed E-state index contributed by atoms with van der Waals surface area (Å²) in [7, 11) is 1.31. The third-order valence-corrected chi connectivity index (χ3v) is 3.57. The summed E-state index contributed by atoms with van der Waals surface area (Å²) in [6.07, 6.45) is 0. The molecule has 4 nitrogen and oxygen atoms in total. The van der Waals surface area contributed by atoms with E-state index in [2.05, 4.69) is 0 Å². The molecule has 3 aromatic carbocycles. The van der Waals surface area contributed by atoms with Crippen LogP contribution in [-0.2, 0) is 11.3 Å². The zero-order valence-corrected chi connectivity index (χ0v) is 12.7. The molecule has 0 saturated carbocycles. The molecule has 0 spiro atoms. The minimum absolute atomic E-state index is 0.0394. The maximum absolute atomic E-state index is 11.6. The van der Waals surface area contributed by atoms with Gasteiger partial charge in [-0.1, -0.05) is 30.3 Å². The van der Waals surface area contributed by atoms with Crippen molar-refractivity contribution >= 4 is 16.7 Å². The second-order valence-corrected chi connectivity index (χ2v) is 5.14. The lowest BCUT2D eigenvalue weighted by molar-refractivity contribution is 0.0600. The van der Waals surface area contributed by atoms with E-state index in [0.29, 0.717) is 23.3 Å². The molecule has 0 aromatic heterocycles. The molecule has 0 amide bonds. The summed E-state index contributed by atoms with van der Waals surface area (Å²) in [5, 5.41) is 11.4. The van der Waals surface area contributed by atoms with Gasteiger partial charge in [-0.25, -0.2) is 4.79 Å². The number of benzene rings is 3. The lowest BCUT2D eigenvalue weighted by atomic mass is 10.1. The summed E-state index contributed by atoms with van der Waals surface area (Å²) in [4.78, 5) is 11.6. The minimum atomic E-state index is -0.488. The molecule has 0 saturated heterocycles. The molecule has 116 valence electrons. The zero-order chi connectivity index (χ0) is 16.2. The van der Waals surface area contributed by atoms with Gasteiger partial charge in [0.2, 0.25) is 0 Å². The Labute approximate surface area is 133 Å². The lowest BCUT2D eigenvalue weighted by Gasteiger charge is -2.09. The van der Waals surface area contributed by atoms with Crippen LogP contribution in [-0.4, -0.2) is 18.2 Å². The normalized spacial score (nSPS) is 10.5. The van der Waals surface area contributed by atoms with Crippen LogP contribution < -0.4 is 4.74 Å². The molecule has 23 heavy (non-hydrogen) atoms. The second-order valence-electron chi connectivity index (χ2n) is 5.14. The number of rotatable bonds is 4. The number of esters is 1. The summed E-state index contributed by atoms with van der Waals surface area (Å²) < 4.78 is 10.5. The highest BCUT2D eigenvalue weighted by Gasteiger charge is 2.10. The summed E-state index contributed by atoms with van der Waals surface area (Å²) in [6.45, 7) is 0.453. The van der Waals surface area contributed by atoms with E-state index >= 15 is 0 Å². The topological polar surface area (TPSA) is 55.8 Å². The van der Waals surface area contributed by atoms with Crippen molar-refractivity contribution in [2.75, 3.05) is 7.11 Å². The van der Waals surface area contributed by atoms with E-state index in [9.17, 15) is 9.90 Å². The highest BCUT2D eigenvalue weighted by Crippen LogP contribution is 2.30. The monoisotopic (exact) mass is 308 g/mol.